The van der Waals surface area contributed by atoms with E-state index < -0.39 is 5.41 Å². The molecule has 0 saturated heterocycles. The predicted molar refractivity (Wildman–Crippen MR) is 108 cm³/mol. The lowest BCUT2D eigenvalue weighted by molar-refractivity contribution is -0.131. The number of amides is 1. The second-order valence-electron chi connectivity index (χ2n) is 8.55. The van der Waals surface area contributed by atoms with E-state index in [1.54, 1.807) is 7.11 Å². The van der Waals surface area contributed by atoms with Gasteiger partial charge in [-0.1, -0.05) is 38.5 Å². The molecule has 2 fully saturated rings. The zero-order chi connectivity index (χ0) is 18.0. The Morgan fingerprint density at radius 2 is 1.85 bits per heavy atom. The van der Waals surface area contributed by atoms with E-state index in [0.717, 1.165) is 24.2 Å². The third-order valence-corrected chi connectivity index (χ3v) is 6.11. The minimum atomic E-state index is -0.470. The van der Waals surface area contributed by atoms with Crippen molar-refractivity contribution in [2.45, 2.75) is 64.5 Å². The minimum absolute atomic E-state index is 0. The number of halogens is 1. The fourth-order valence-corrected chi connectivity index (χ4v) is 4.78. The van der Waals surface area contributed by atoms with Crippen molar-refractivity contribution in [3.63, 3.8) is 0 Å². The molecule has 2 saturated carbocycles. The van der Waals surface area contributed by atoms with Gasteiger partial charge >= 0.3 is 0 Å². The maximum atomic E-state index is 13.1. The van der Waals surface area contributed by atoms with Crippen LogP contribution in [0.25, 0.3) is 0 Å². The van der Waals surface area contributed by atoms with Crippen LogP contribution in [0.3, 0.4) is 0 Å². The number of ether oxygens (including phenoxy) is 1. The number of carbonyl (C=O) groups is 1. The molecule has 0 radical (unpaired) electrons. The second kappa shape index (κ2) is 8.62. The molecule has 1 aromatic rings. The topological polar surface area (TPSA) is 64.3 Å². The Kier molecular flexibility index (Phi) is 6.98. The quantitative estimate of drug-likeness (QED) is 0.818. The Morgan fingerprint density at radius 3 is 2.46 bits per heavy atom. The summed E-state index contributed by atoms with van der Waals surface area (Å²) in [6.07, 6.45) is 6.44. The Balaban J connectivity index is 0.00000243. The summed E-state index contributed by atoms with van der Waals surface area (Å²) in [4.78, 5) is 13.1. The molecule has 2 aliphatic carbocycles. The smallest absolute Gasteiger partial charge is 0.226 e. The van der Waals surface area contributed by atoms with Crippen LogP contribution in [0.5, 0.6) is 5.75 Å². The summed E-state index contributed by atoms with van der Waals surface area (Å²) in [5.74, 6) is 2.10. The molecule has 3 rings (SSSR count). The van der Waals surface area contributed by atoms with Crippen molar-refractivity contribution in [3.8, 4) is 5.75 Å². The summed E-state index contributed by atoms with van der Waals surface area (Å²) in [5, 5.41) is 3.40. The molecule has 0 spiro atoms. The van der Waals surface area contributed by atoms with E-state index in [1.807, 2.05) is 38.1 Å². The maximum Gasteiger partial charge on any atom is 0.226 e. The third-order valence-electron chi connectivity index (χ3n) is 6.11. The van der Waals surface area contributed by atoms with E-state index >= 15 is 0 Å². The fourth-order valence-electron chi connectivity index (χ4n) is 4.78. The molecular weight excluding hydrogens is 348 g/mol. The van der Waals surface area contributed by atoms with Gasteiger partial charge in [0.25, 0.3) is 0 Å². The molecule has 4 nitrogen and oxygen atoms in total. The Bertz CT molecular complexity index is 606. The number of methoxy groups -OCH3 is 1. The number of hydrogen-bond donors (Lipinski definition) is 2. The van der Waals surface area contributed by atoms with E-state index in [4.69, 9.17) is 10.5 Å². The normalized spacial score (nSPS) is 28.0. The van der Waals surface area contributed by atoms with Crippen LogP contribution in [0, 0.1) is 17.3 Å². The molecule has 26 heavy (non-hydrogen) atoms. The van der Waals surface area contributed by atoms with Gasteiger partial charge in [-0.2, -0.15) is 0 Å². The summed E-state index contributed by atoms with van der Waals surface area (Å²) in [5.41, 5.74) is 6.82. The number of hydrogen-bond acceptors (Lipinski definition) is 3. The van der Waals surface area contributed by atoms with Gasteiger partial charge in [-0.15, -0.1) is 12.4 Å². The Labute approximate surface area is 163 Å². The third kappa shape index (κ3) is 4.52. The number of rotatable bonds is 5. The van der Waals surface area contributed by atoms with Crippen LogP contribution in [0.15, 0.2) is 24.3 Å². The highest BCUT2D eigenvalue weighted by atomic mass is 35.5. The highest BCUT2D eigenvalue weighted by Gasteiger charge is 2.41. The van der Waals surface area contributed by atoms with Crippen molar-refractivity contribution < 1.29 is 9.53 Å². The van der Waals surface area contributed by atoms with Gasteiger partial charge in [0.15, 0.2) is 0 Å². The second-order valence-corrected chi connectivity index (χ2v) is 8.55. The number of nitrogens with one attached hydrogen (secondary N) is 1. The van der Waals surface area contributed by atoms with Crippen LogP contribution in [-0.2, 0) is 11.2 Å². The summed E-state index contributed by atoms with van der Waals surface area (Å²) in [6.45, 7) is 4.05. The van der Waals surface area contributed by atoms with Gasteiger partial charge in [0, 0.05) is 17.5 Å². The summed E-state index contributed by atoms with van der Waals surface area (Å²) in [6, 6.07) is 8.57. The lowest BCUT2D eigenvalue weighted by Gasteiger charge is -2.46. The van der Waals surface area contributed by atoms with Gasteiger partial charge in [0.05, 0.1) is 7.11 Å². The van der Waals surface area contributed by atoms with Crippen molar-refractivity contribution in [1.29, 1.82) is 0 Å². The molecule has 5 heteroatoms. The molecule has 0 aliphatic heterocycles. The lowest BCUT2D eigenvalue weighted by atomic mass is 9.66. The highest BCUT2D eigenvalue weighted by molar-refractivity contribution is 5.85. The number of benzene rings is 1. The first kappa shape index (κ1) is 21.0. The molecule has 0 heterocycles. The van der Waals surface area contributed by atoms with Gasteiger partial charge in [0.2, 0.25) is 5.91 Å². The maximum absolute atomic E-state index is 13.1. The fraction of sp³-hybridized carbons (Fsp3) is 0.667. The largest absolute Gasteiger partial charge is 0.496 e. The highest BCUT2D eigenvalue weighted by Crippen LogP contribution is 2.40. The van der Waals surface area contributed by atoms with Gasteiger partial charge in [-0.25, -0.2) is 0 Å². The van der Waals surface area contributed by atoms with Crippen LogP contribution in [-0.4, -0.2) is 25.1 Å². The molecule has 2 unspecified atom stereocenters. The predicted octanol–water partition coefficient (Wildman–Crippen LogP) is 3.71. The van der Waals surface area contributed by atoms with Crippen molar-refractivity contribution in [1.82, 2.24) is 5.32 Å². The Morgan fingerprint density at radius 1 is 1.23 bits per heavy atom. The number of para-hydroxylation sites is 1. The minimum Gasteiger partial charge on any atom is -0.496 e. The molecule has 1 amide bonds. The van der Waals surface area contributed by atoms with E-state index in [1.165, 1.54) is 19.3 Å². The van der Waals surface area contributed by atoms with Crippen molar-refractivity contribution in [2.24, 2.45) is 23.0 Å². The van der Waals surface area contributed by atoms with Gasteiger partial charge < -0.3 is 15.8 Å². The molecule has 3 N–H and O–H groups in total. The van der Waals surface area contributed by atoms with Crippen LogP contribution in [0.4, 0.5) is 0 Å². The average molecular weight is 381 g/mol. The molecular formula is C21H33ClN2O2. The standard InChI is InChI=1S/C21H32N2O2.ClH/c1-21(2,13-16-7-4-5-10-18(16)25-3)20(24)23-19-14-8-6-9-15(19)12-17(22)11-14;/h4-5,7,10,14-15,17,19H,6,8-9,11-13,22H2,1-3H3,(H,23,24);1H. The van der Waals surface area contributed by atoms with E-state index in [0.29, 0.717) is 30.3 Å². The number of nitrogens with two attached hydrogens (primary N) is 1. The molecule has 2 bridgehead atoms. The van der Waals surface area contributed by atoms with Crippen LogP contribution >= 0.6 is 12.4 Å². The van der Waals surface area contributed by atoms with Gasteiger partial charge in [0.1, 0.15) is 5.75 Å². The van der Waals surface area contributed by atoms with E-state index in [9.17, 15) is 4.79 Å². The molecule has 2 aliphatic rings. The summed E-state index contributed by atoms with van der Waals surface area (Å²) < 4.78 is 5.45. The molecule has 0 aromatic heterocycles. The van der Waals surface area contributed by atoms with Crippen molar-refractivity contribution >= 4 is 18.3 Å². The number of fused-ring (bicyclic) bond motifs is 2. The first-order chi connectivity index (χ1) is 11.9. The Hall–Kier alpha value is -1.26. The van der Waals surface area contributed by atoms with Crippen molar-refractivity contribution in [2.75, 3.05) is 7.11 Å². The first-order valence-electron chi connectivity index (χ1n) is 9.59. The molecule has 2 atom stereocenters. The van der Waals surface area contributed by atoms with E-state index in [-0.39, 0.29) is 18.3 Å². The van der Waals surface area contributed by atoms with E-state index in [2.05, 4.69) is 5.32 Å². The monoisotopic (exact) mass is 380 g/mol. The summed E-state index contributed by atoms with van der Waals surface area (Å²) >= 11 is 0. The average Bonchev–Trinajstić information content (AvgIpc) is 2.55. The summed E-state index contributed by atoms with van der Waals surface area (Å²) in [7, 11) is 1.68. The zero-order valence-electron chi connectivity index (χ0n) is 16.2. The SMILES string of the molecule is COc1ccccc1CC(C)(C)C(=O)NC1C2CCCC1CC(N)C2.Cl. The number of carbonyl (C=O) groups excluding carboxylic acids is 1. The van der Waals surface area contributed by atoms with Crippen LogP contribution in [0.1, 0.15) is 51.5 Å². The van der Waals surface area contributed by atoms with Gasteiger partial charge in [-0.05, 0) is 55.6 Å². The molecule has 146 valence electrons. The lowest BCUT2D eigenvalue weighted by Crippen LogP contribution is -2.56. The zero-order valence-corrected chi connectivity index (χ0v) is 17.0. The first-order valence-corrected chi connectivity index (χ1v) is 9.59. The molecule has 1 aromatic carbocycles. The van der Waals surface area contributed by atoms with Crippen molar-refractivity contribution in [3.05, 3.63) is 29.8 Å². The van der Waals surface area contributed by atoms with Gasteiger partial charge in [-0.3, -0.25) is 4.79 Å². The van der Waals surface area contributed by atoms with Crippen LogP contribution in [0.2, 0.25) is 0 Å². The van der Waals surface area contributed by atoms with Crippen LogP contribution < -0.4 is 15.8 Å².